The van der Waals surface area contributed by atoms with Crippen LogP contribution in [0.2, 0.25) is 0 Å². The third kappa shape index (κ3) is 3.31. The van der Waals surface area contributed by atoms with E-state index in [-0.39, 0.29) is 11.9 Å². The number of hydrogen-bond donors (Lipinski definition) is 0. The highest BCUT2D eigenvalue weighted by atomic mass is 32.1. The van der Waals surface area contributed by atoms with Gasteiger partial charge in [-0.15, -0.1) is 11.3 Å². The molecule has 0 saturated carbocycles. The molecule has 1 aliphatic rings. The van der Waals surface area contributed by atoms with Crippen LogP contribution in [0.25, 0.3) is 21.6 Å². The fourth-order valence-corrected chi connectivity index (χ4v) is 4.83. The fourth-order valence-electron chi connectivity index (χ4n) is 4.15. The molecule has 5 heterocycles. The molecule has 1 aliphatic heterocycles. The Balaban J connectivity index is 1.49. The number of rotatable bonds is 4. The van der Waals surface area contributed by atoms with Crippen LogP contribution in [0.4, 0.5) is 0 Å². The van der Waals surface area contributed by atoms with Gasteiger partial charge in [0.1, 0.15) is 0 Å². The summed E-state index contributed by atoms with van der Waals surface area (Å²) in [4.78, 5) is 25.6. The summed E-state index contributed by atoms with van der Waals surface area (Å²) in [6, 6.07) is 6.56. The third-order valence-corrected chi connectivity index (χ3v) is 6.65. The minimum atomic E-state index is 0.0626. The molecule has 30 heavy (non-hydrogen) atoms. The normalized spacial score (nSPS) is 15.4. The summed E-state index contributed by atoms with van der Waals surface area (Å²) in [6.45, 7) is 5.62. The highest BCUT2D eigenvalue weighted by Crippen LogP contribution is 2.31. The SMILES string of the molecule is CC(C)n1ncc2c(C(=O)N3CCC(n4ccnc4)CC3)cc(-c3cccs3)nc21. The van der Waals surface area contributed by atoms with E-state index in [0.717, 1.165) is 47.5 Å². The molecule has 8 heteroatoms. The number of aromatic nitrogens is 5. The lowest BCUT2D eigenvalue weighted by molar-refractivity contribution is 0.0696. The molecule has 0 atom stereocenters. The van der Waals surface area contributed by atoms with E-state index in [0.29, 0.717) is 11.6 Å². The molecular weight excluding hydrogens is 396 g/mol. The number of thiophene rings is 1. The van der Waals surface area contributed by atoms with Gasteiger partial charge in [-0.3, -0.25) is 4.79 Å². The van der Waals surface area contributed by atoms with Crippen molar-refractivity contribution >= 4 is 28.3 Å². The number of piperidine rings is 1. The monoisotopic (exact) mass is 420 g/mol. The van der Waals surface area contributed by atoms with Crippen molar-refractivity contribution in [2.24, 2.45) is 0 Å². The maximum absolute atomic E-state index is 13.6. The zero-order valence-corrected chi connectivity index (χ0v) is 17.9. The Morgan fingerprint density at radius 3 is 2.77 bits per heavy atom. The van der Waals surface area contributed by atoms with Crippen LogP contribution in [0.1, 0.15) is 49.1 Å². The molecule has 0 N–H and O–H groups in total. The smallest absolute Gasteiger partial charge is 0.254 e. The molecule has 0 radical (unpaired) electrons. The van der Waals surface area contributed by atoms with Crippen molar-refractivity contribution in [2.45, 2.75) is 38.8 Å². The number of amides is 1. The lowest BCUT2D eigenvalue weighted by Gasteiger charge is -2.32. The van der Waals surface area contributed by atoms with E-state index in [2.05, 4.69) is 28.5 Å². The van der Waals surface area contributed by atoms with Crippen LogP contribution >= 0.6 is 11.3 Å². The average Bonchev–Trinajstić information content (AvgIpc) is 3.54. The van der Waals surface area contributed by atoms with E-state index in [1.165, 1.54) is 0 Å². The maximum Gasteiger partial charge on any atom is 0.254 e. The number of nitrogens with zero attached hydrogens (tertiary/aromatic N) is 6. The Labute approximate surface area is 179 Å². The average molecular weight is 421 g/mol. The minimum absolute atomic E-state index is 0.0626. The Morgan fingerprint density at radius 2 is 2.10 bits per heavy atom. The van der Waals surface area contributed by atoms with Crippen molar-refractivity contribution in [3.05, 3.63) is 54.1 Å². The van der Waals surface area contributed by atoms with Crippen molar-refractivity contribution in [1.82, 2.24) is 29.2 Å². The number of likely N-dealkylation sites (tertiary alicyclic amines) is 1. The topological polar surface area (TPSA) is 68.8 Å². The van der Waals surface area contributed by atoms with Gasteiger partial charge in [0.2, 0.25) is 0 Å². The van der Waals surface area contributed by atoms with E-state index >= 15 is 0 Å². The summed E-state index contributed by atoms with van der Waals surface area (Å²) in [6.07, 6.45) is 9.32. The van der Waals surface area contributed by atoms with Crippen molar-refractivity contribution < 1.29 is 4.79 Å². The van der Waals surface area contributed by atoms with Crippen LogP contribution in [0.3, 0.4) is 0 Å². The molecule has 1 amide bonds. The minimum Gasteiger partial charge on any atom is -0.338 e. The van der Waals surface area contributed by atoms with E-state index in [1.54, 1.807) is 17.5 Å². The first kappa shape index (κ1) is 19.0. The first-order valence-corrected chi connectivity index (χ1v) is 11.2. The molecule has 5 rings (SSSR count). The van der Waals surface area contributed by atoms with Crippen LogP contribution in [-0.2, 0) is 0 Å². The largest absolute Gasteiger partial charge is 0.338 e. The van der Waals surface area contributed by atoms with E-state index in [4.69, 9.17) is 4.98 Å². The Bertz CT molecular complexity index is 1150. The molecule has 154 valence electrons. The predicted octanol–water partition coefficient (Wildman–Crippen LogP) is 4.41. The van der Waals surface area contributed by atoms with Crippen LogP contribution in [-0.4, -0.2) is 48.2 Å². The molecule has 7 nitrogen and oxygen atoms in total. The highest BCUT2D eigenvalue weighted by Gasteiger charge is 2.27. The van der Waals surface area contributed by atoms with Gasteiger partial charge in [-0.2, -0.15) is 5.10 Å². The van der Waals surface area contributed by atoms with Crippen LogP contribution in [0, 0.1) is 0 Å². The predicted molar refractivity (Wildman–Crippen MR) is 118 cm³/mol. The maximum atomic E-state index is 13.6. The van der Waals surface area contributed by atoms with Crippen LogP contribution in [0.15, 0.2) is 48.5 Å². The van der Waals surface area contributed by atoms with Crippen molar-refractivity contribution in [3.8, 4) is 10.6 Å². The van der Waals surface area contributed by atoms with Crippen molar-refractivity contribution in [1.29, 1.82) is 0 Å². The van der Waals surface area contributed by atoms with Gasteiger partial charge in [0.25, 0.3) is 5.91 Å². The molecule has 0 bridgehead atoms. The first-order valence-electron chi connectivity index (χ1n) is 10.3. The van der Waals surface area contributed by atoms with Crippen LogP contribution in [0.5, 0.6) is 0 Å². The Morgan fingerprint density at radius 1 is 1.27 bits per heavy atom. The molecule has 0 unspecified atom stereocenters. The summed E-state index contributed by atoms with van der Waals surface area (Å²) in [5.41, 5.74) is 2.29. The van der Waals surface area contributed by atoms with Gasteiger partial charge in [0, 0.05) is 37.6 Å². The molecule has 0 aliphatic carbocycles. The van der Waals surface area contributed by atoms with E-state index < -0.39 is 0 Å². The second kappa shape index (κ2) is 7.68. The number of imidazole rings is 1. The van der Waals surface area contributed by atoms with Gasteiger partial charge < -0.3 is 9.47 Å². The van der Waals surface area contributed by atoms with E-state index in [1.807, 2.05) is 51.9 Å². The Hall–Kier alpha value is -3.00. The summed E-state index contributed by atoms with van der Waals surface area (Å²) in [5, 5.41) is 7.38. The highest BCUT2D eigenvalue weighted by molar-refractivity contribution is 7.13. The third-order valence-electron chi connectivity index (χ3n) is 5.76. The molecule has 0 aromatic carbocycles. The second-order valence-electron chi connectivity index (χ2n) is 7.99. The van der Waals surface area contributed by atoms with Gasteiger partial charge in [-0.1, -0.05) is 6.07 Å². The van der Waals surface area contributed by atoms with Gasteiger partial charge in [0.05, 0.1) is 34.0 Å². The standard InChI is InChI=1S/C22H24N6OS/c1-15(2)28-21-18(13-24-28)17(12-19(25-21)20-4-3-11-30-20)22(29)26-8-5-16(6-9-26)27-10-7-23-14-27/h3-4,7,10-16H,5-6,8-9H2,1-2H3. The summed E-state index contributed by atoms with van der Waals surface area (Å²) < 4.78 is 4.04. The quantitative estimate of drug-likeness (QED) is 0.490. The summed E-state index contributed by atoms with van der Waals surface area (Å²) in [5.74, 6) is 0.0626. The zero-order chi connectivity index (χ0) is 20.7. The molecular formula is C22H24N6OS. The van der Waals surface area contributed by atoms with Crippen molar-refractivity contribution in [2.75, 3.05) is 13.1 Å². The lowest BCUT2D eigenvalue weighted by atomic mass is 10.0. The Kier molecular flexibility index (Phi) is 4.86. The molecule has 4 aromatic heterocycles. The zero-order valence-electron chi connectivity index (χ0n) is 17.1. The number of carbonyl (C=O) groups is 1. The van der Waals surface area contributed by atoms with Gasteiger partial charge in [0.15, 0.2) is 5.65 Å². The van der Waals surface area contributed by atoms with Gasteiger partial charge in [-0.25, -0.2) is 14.6 Å². The molecule has 1 saturated heterocycles. The van der Waals surface area contributed by atoms with Crippen LogP contribution < -0.4 is 0 Å². The number of hydrogen-bond acceptors (Lipinski definition) is 5. The summed E-state index contributed by atoms with van der Waals surface area (Å²) >= 11 is 1.63. The van der Waals surface area contributed by atoms with Gasteiger partial charge >= 0.3 is 0 Å². The van der Waals surface area contributed by atoms with E-state index in [9.17, 15) is 4.79 Å². The lowest BCUT2D eigenvalue weighted by Crippen LogP contribution is -2.39. The van der Waals surface area contributed by atoms with Crippen molar-refractivity contribution in [3.63, 3.8) is 0 Å². The number of fused-ring (bicyclic) bond motifs is 1. The number of carbonyl (C=O) groups excluding carboxylic acids is 1. The first-order chi connectivity index (χ1) is 14.6. The molecule has 0 spiro atoms. The molecule has 1 fully saturated rings. The number of pyridine rings is 1. The summed E-state index contributed by atoms with van der Waals surface area (Å²) in [7, 11) is 0. The second-order valence-corrected chi connectivity index (χ2v) is 8.93. The fraction of sp³-hybridized carbons (Fsp3) is 0.364. The van der Waals surface area contributed by atoms with Gasteiger partial charge in [-0.05, 0) is 44.2 Å². The molecule has 4 aromatic rings.